The Kier molecular flexibility index (Phi) is 4.39. The minimum Gasteiger partial charge on any atom is -0.308 e. The summed E-state index contributed by atoms with van der Waals surface area (Å²) in [7, 11) is 0. The lowest BCUT2D eigenvalue weighted by Gasteiger charge is -2.12. The summed E-state index contributed by atoms with van der Waals surface area (Å²) >= 11 is 1.65. The molecule has 19 heavy (non-hydrogen) atoms. The number of hydrazine groups is 1. The largest absolute Gasteiger partial charge is 0.308 e. The number of benzene rings is 1. The molecule has 100 valence electrons. The highest BCUT2D eigenvalue weighted by atomic mass is 32.2. The molecule has 1 heterocycles. The first-order valence-electron chi connectivity index (χ1n) is 6.23. The van der Waals surface area contributed by atoms with Crippen LogP contribution in [-0.4, -0.2) is 9.97 Å². The zero-order valence-corrected chi connectivity index (χ0v) is 12.2. The predicted octanol–water partition coefficient (Wildman–Crippen LogP) is 3.09. The van der Waals surface area contributed by atoms with Crippen LogP contribution in [0.25, 0.3) is 0 Å². The van der Waals surface area contributed by atoms with E-state index in [0.717, 1.165) is 22.8 Å². The van der Waals surface area contributed by atoms with Gasteiger partial charge in [0, 0.05) is 16.9 Å². The van der Waals surface area contributed by atoms with Gasteiger partial charge in [-0.3, -0.25) is 0 Å². The lowest BCUT2D eigenvalue weighted by Crippen LogP contribution is -2.13. The van der Waals surface area contributed by atoms with E-state index in [9.17, 15) is 0 Å². The van der Waals surface area contributed by atoms with Crippen LogP contribution in [0.15, 0.2) is 34.2 Å². The van der Waals surface area contributed by atoms with E-state index in [1.165, 1.54) is 10.5 Å². The van der Waals surface area contributed by atoms with Gasteiger partial charge in [0.1, 0.15) is 16.7 Å². The summed E-state index contributed by atoms with van der Waals surface area (Å²) in [6.07, 6.45) is 0.788. The fraction of sp³-hybridized carbons (Fsp3) is 0.286. The third-order valence-corrected chi connectivity index (χ3v) is 4.17. The number of hydrogen-bond acceptors (Lipinski definition) is 5. The molecule has 0 bridgehead atoms. The topological polar surface area (TPSA) is 63.8 Å². The van der Waals surface area contributed by atoms with Crippen LogP contribution in [0, 0.1) is 13.8 Å². The number of rotatable bonds is 4. The van der Waals surface area contributed by atoms with Crippen molar-refractivity contribution in [2.45, 2.75) is 37.1 Å². The molecule has 0 aliphatic heterocycles. The number of nitrogens with two attached hydrogens (primary N) is 1. The van der Waals surface area contributed by atoms with Crippen LogP contribution in [-0.2, 0) is 6.42 Å². The zero-order valence-electron chi connectivity index (χ0n) is 11.4. The molecule has 0 saturated heterocycles. The molecule has 0 fully saturated rings. The zero-order chi connectivity index (χ0) is 13.8. The molecule has 2 aromatic rings. The van der Waals surface area contributed by atoms with Gasteiger partial charge in [-0.1, -0.05) is 36.9 Å². The van der Waals surface area contributed by atoms with Gasteiger partial charge in [-0.05, 0) is 25.5 Å². The molecule has 0 amide bonds. The molecule has 1 aromatic heterocycles. The molecule has 0 unspecified atom stereocenters. The van der Waals surface area contributed by atoms with Gasteiger partial charge in [0.2, 0.25) is 0 Å². The van der Waals surface area contributed by atoms with Crippen molar-refractivity contribution in [2.75, 3.05) is 5.43 Å². The third-order valence-electron chi connectivity index (χ3n) is 2.90. The van der Waals surface area contributed by atoms with Crippen molar-refractivity contribution in [3.63, 3.8) is 0 Å². The Morgan fingerprint density at radius 3 is 2.58 bits per heavy atom. The van der Waals surface area contributed by atoms with E-state index in [1.807, 2.05) is 26.0 Å². The average molecular weight is 274 g/mol. The average Bonchev–Trinajstić information content (AvgIpc) is 2.43. The lowest BCUT2D eigenvalue weighted by molar-refractivity contribution is 0.871. The molecule has 5 heteroatoms. The van der Waals surface area contributed by atoms with E-state index < -0.39 is 0 Å². The smallest absolute Gasteiger partial charge is 0.147 e. The van der Waals surface area contributed by atoms with Crippen molar-refractivity contribution in [3.8, 4) is 0 Å². The molecule has 2 rings (SSSR count). The van der Waals surface area contributed by atoms with Crippen molar-refractivity contribution in [2.24, 2.45) is 5.84 Å². The van der Waals surface area contributed by atoms with E-state index in [4.69, 9.17) is 5.84 Å². The minimum absolute atomic E-state index is 0.697. The van der Waals surface area contributed by atoms with Gasteiger partial charge >= 0.3 is 0 Å². The first-order chi connectivity index (χ1) is 9.15. The van der Waals surface area contributed by atoms with Gasteiger partial charge in [0.05, 0.1) is 0 Å². The number of hydrogen-bond donors (Lipinski definition) is 2. The second-order valence-corrected chi connectivity index (χ2v) is 5.31. The van der Waals surface area contributed by atoms with Crippen molar-refractivity contribution < 1.29 is 0 Å². The van der Waals surface area contributed by atoms with Gasteiger partial charge < -0.3 is 5.43 Å². The fourth-order valence-corrected chi connectivity index (χ4v) is 2.70. The molecular weight excluding hydrogens is 256 g/mol. The van der Waals surface area contributed by atoms with E-state index >= 15 is 0 Å². The summed E-state index contributed by atoms with van der Waals surface area (Å²) in [5, 5.41) is 0.953. The summed E-state index contributed by atoms with van der Waals surface area (Å²) in [4.78, 5) is 10.2. The molecule has 3 N–H and O–H groups in total. The van der Waals surface area contributed by atoms with E-state index in [1.54, 1.807) is 11.8 Å². The van der Waals surface area contributed by atoms with Gasteiger partial charge in [-0.2, -0.15) is 0 Å². The maximum absolute atomic E-state index is 5.52. The van der Waals surface area contributed by atoms with E-state index in [0.29, 0.717) is 5.82 Å². The van der Waals surface area contributed by atoms with Crippen LogP contribution in [0.3, 0.4) is 0 Å². The minimum atomic E-state index is 0.697. The third kappa shape index (κ3) is 3.05. The quantitative estimate of drug-likeness (QED) is 0.509. The highest BCUT2D eigenvalue weighted by Gasteiger charge is 2.11. The predicted molar refractivity (Wildman–Crippen MR) is 79.3 cm³/mol. The van der Waals surface area contributed by atoms with E-state index in [-0.39, 0.29) is 0 Å². The van der Waals surface area contributed by atoms with Gasteiger partial charge in [0.15, 0.2) is 0 Å². The second-order valence-electron chi connectivity index (χ2n) is 4.28. The highest BCUT2D eigenvalue weighted by molar-refractivity contribution is 7.99. The first-order valence-corrected chi connectivity index (χ1v) is 7.05. The molecular formula is C14H18N4S. The summed E-state index contributed by atoms with van der Waals surface area (Å²) in [5.41, 5.74) is 4.87. The summed E-state index contributed by atoms with van der Waals surface area (Å²) in [5.74, 6) is 7.01. The summed E-state index contributed by atoms with van der Waals surface area (Å²) in [6, 6.07) is 8.27. The Balaban J connectivity index is 2.42. The monoisotopic (exact) mass is 274 g/mol. The number of nitrogen functional groups attached to an aromatic ring is 1. The summed E-state index contributed by atoms with van der Waals surface area (Å²) < 4.78 is 0. The number of nitrogens with one attached hydrogen (secondary N) is 1. The van der Waals surface area contributed by atoms with Gasteiger partial charge in [-0.25, -0.2) is 15.8 Å². The van der Waals surface area contributed by atoms with Crippen LogP contribution in [0.2, 0.25) is 0 Å². The molecule has 0 saturated carbocycles. The SMILES string of the molecule is CCc1nc(NN)c(C)c(Sc2ccccc2C)n1. The maximum atomic E-state index is 5.52. The van der Waals surface area contributed by atoms with Crippen LogP contribution in [0.1, 0.15) is 23.9 Å². The Morgan fingerprint density at radius 1 is 1.21 bits per heavy atom. The van der Waals surface area contributed by atoms with Crippen molar-refractivity contribution in [1.82, 2.24) is 9.97 Å². The highest BCUT2D eigenvalue weighted by Crippen LogP contribution is 2.32. The molecule has 0 aliphatic carbocycles. The number of anilines is 1. The van der Waals surface area contributed by atoms with E-state index in [2.05, 4.69) is 34.5 Å². The Labute approximate surface area is 117 Å². The Bertz CT molecular complexity index is 584. The maximum Gasteiger partial charge on any atom is 0.147 e. The Morgan fingerprint density at radius 2 is 1.95 bits per heavy atom. The number of nitrogens with zero attached hydrogens (tertiary/aromatic N) is 2. The van der Waals surface area contributed by atoms with Crippen LogP contribution in [0.4, 0.5) is 5.82 Å². The molecule has 0 radical (unpaired) electrons. The fourth-order valence-electron chi connectivity index (χ4n) is 1.71. The summed E-state index contributed by atoms with van der Waals surface area (Å²) in [6.45, 7) is 6.12. The van der Waals surface area contributed by atoms with Crippen molar-refractivity contribution in [1.29, 1.82) is 0 Å². The van der Waals surface area contributed by atoms with Crippen LogP contribution >= 0.6 is 11.8 Å². The first kappa shape index (κ1) is 13.8. The second kappa shape index (κ2) is 6.04. The molecule has 0 spiro atoms. The molecule has 0 aliphatic rings. The van der Waals surface area contributed by atoms with Gasteiger partial charge in [-0.15, -0.1) is 0 Å². The normalized spacial score (nSPS) is 10.5. The Hall–Kier alpha value is -1.59. The van der Waals surface area contributed by atoms with Gasteiger partial charge in [0.25, 0.3) is 0 Å². The lowest BCUT2D eigenvalue weighted by atomic mass is 10.2. The number of aromatic nitrogens is 2. The van der Waals surface area contributed by atoms with Crippen molar-refractivity contribution in [3.05, 3.63) is 41.2 Å². The standard InChI is InChI=1S/C14H18N4S/c1-4-12-16-13(18-15)10(3)14(17-12)19-11-8-6-5-7-9(11)2/h5-8H,4,15H2,1-3H3,(H,16,17,18). The molecule has 4 nitrogen and oxygen atoms in total. The number of aryl methyl sites for hydroxylation is 2. The van der Waals surface area contributed by atoms with Crippen molar-refractivity contribution >= 4 is 17.6 Å². The molecule has 0 atom stereocenters. The van der Waals surface area contributed by atoms with Crippen LogP contribution < -0.4 is 11.3 Å². The molecule has 1 aromatic carbocycles. The van der Waals surface area contributed by atoms with Crippen LogP contribution in [0.5, 0.6) is 0 Å².